The molecule has 8 nitrogen and oxygen atoms in total. The van der Waals surface area contributed by atoms with Gasteiger partial charge in [-0.2, -0.15) is 0 Å². The zero-order chi connectivity index (χ0) is 19.7. The van der Waals surface area contributed by atoms with Crippen LogP contribution in [0.15, 0.2) is 46.9 Å². The summed E-state index contributed by atoms with van der Waals surface area (Å²) in [5, 5.41) is 13.8. The van der Waals surface area contributed by atoms with E-state index in [0.29, 0.717) is 0 Å². The van der Waals surface area contributed by atoms with Gasteiger partial charge in [-0.1, -0.05) is 34.1 Å². The van der Waals surface area contributed by atoms with Crippen LogP contribution in [0.25, 0.3) is 0 Å². The molecule has 0 radical (unpaired) electrons. The summed E-state index contributed by atoms with van der Waals surface area (Å²) >= 11 is 3.33. The van der Waals surface area contributed by atoms with Gasteiger partial charge in [0.05, 0.1) is 16.5 Å². The maximum atomic E-state index is 12.5. The van der Waals surface area contributed by atoms with E-state index in [-0.39, 0.29) is 17.2 Å². The van der Waals surface area contributed by atoms with Crippen LogP contribution in [0.1, 0.15) is 39.2 Å². The van der Waals surface area contributed by atoms with Gasteiger partial charge in [0.2, 0.25) is 5.91 Å². The zero-order valence-corrected chi connectivity index (χ0v) is 15.7. The van der Waals surface area contributed by atoms with Crippen LogP contribution in [-0.2, 0) is 4.79 Å². The van der Waals surface area contributed by atoms with Gasteiger partial charge >= 0.3 is 0 Å². The number of halogens is 1. The smallest absolute Gasteiger partial charge is 0.282 e. The number of imide groups is 1. The molecular weight excluding hydrogens is 418 g/mol. The number of carbonyl (C=O) groups is 3. The monoisotopic (exact) mass is 431 g/mol. The fourth-order valence-electron chi connectivity index (χ4n) is 2.88. The van der Waals surface area contributed by atoms with Crippen LogP contribution in [0.3, 0.4) is 0 Å². The van der Waals surface area contributed by atoms with E-state index in [1.807, 2.05) is 24.3 Å². The third-order valence-electron chi connectivity index (χ3n) is 4.22. The second-order valence-corrected chi connectivity index (χ2v) is 6.91. The molecule has 0 saturated carbocycles. The predicted octanol–water partition coefficient (Wildman–Crippen LogP) is 2.83. The molecule has 2 aromatic rings. The lowest BCUT2D eigenvalue weighted by Gasteiger charge is -2.18. The second kappa shape index (κ2) is 7.28. The lowest BCUT2D eigenvalue weighted by Crippen LogP contribution is -2.41. The van der Waals surface area contributed by atoms with Gasteiger partial charge in [0, 0.05) is 10.5 Å². The van der Waals surface area contributed by atoms with Crippen molar-refractivity contribution in [2.24, 2.45) is 0 Å². The third kappa shape index (κ3) is 3.59. The Balaban J connectivity index is 1.74. The van der Waals surface area contributed by atoms with Crippen molar-refractivity contribution >= 4 is 39.3 Å². The number of nitrogens with zero attached hydrogens (tertiary/aromatic N) is 2. The molecule has 2 aromatic carbocycles. The summed E-state index contributed by atoms with van der Waals surface area (Å²) in [6.45, 7) is 1.26. The molecule has 1 heterocycles. The highest BCUT2D eigenvalue weighted by Crippen LogP contribution is 2.30. The lowest BCUT2D eigenvalue weighted by molar-refractivity contribution is -0.385. The highest BCUT2D eigenvalue weighted by atomic mass is 79.9. The van der Waals surface area contributed by atoms with Crippen LogP contribution in [0.2, 0.25) is 0 Å². The summed E-state index contributed by atoms with van der Waals surface area (Å²) < 4.78 is 0.900. The minimum Gasteiger partial charge on any atom is -0.348 e. The first-order valence-corrected chi connectivity index (χ1v) is 8.77. The second-order valence-electron chi connectivity index (χ2n) is 5.99. The Hall–Kier alpha value is -3.07. The average Bonchev–Trinajstić information content (AvgIpc) is 2.87. The predicted molar refractivity (Wildman–Crippen MR) is 99.2 cm³/mol. The Labute approximate surface area is 162 Å². The summed E-state index contributed by atoms with van der Waals surface area (Å²) in [5.74, 6) is -2.10. The quantitative estimate of drug-likeness (QED) is 0.444. The summed E-state index contributed by atoms with van der Waals surface area (Å²) in [6.07, 6.45) is 0. The highest BCUT2D eigenvalue weighted by Gasteiger charge is 2.41. The Kier molecular flexibility index (Phi) is 5.04. The van der Waals surface area contributed by atoms with Gasteiger partial charge in [0.25, 0.3) is 17.5 Å². The topological polar surface area (TPSA) is 110 Å². The van der Waals surface area contributed by atoms with Crippen molar-refractivity contribution in [1.29, 1.82) is 0 Å². The fraction of sp³-hybridized carbons (Fsp3) is 0.167. The van der Waals surface area contributed by atoms with Crippen molar-refractivity contribution in [3.63, 3.8) is 0 Å². The largest absolute Gasteiger partial charge is 0.348 e. The first-order chi connectivity index (χ1) is 12.8. The minimum absolute atomic E-state index is 0.0667. The first-order valence-electron chi connectivity index (χ1n) is 7.98. The molecular formula is C18H14BrN3O5. The van der Waals surface area contributed by atoms with Crippen molar-refractivity contribution < 1.29 is 19.3 Å². The molecule has 1 N–H and O–H groups in total. The molecule has 1 unspecified atom stereocenters. The molecule has 3 rings (SSSR count). The molecule has 0 bridgehead atoms. The van der Waals surface area contributed by atoms with Gasteiger partial charge in [-0.3, -0.25) is 29.4 Å². The first kappa shape index (κ1) is 18.7. The van der Waals surface area contributed by atoms with Crippen LogP contribution in [0.5, 0.6) is 0 Å². The molecule has 1 aliphatic rings. The van der Waals surface area contributed by atoms with Crippen LogP contribution in [-0.4, -0.2) is 34.1 Å². The standard InChI is InChI=1S/C18H14BrN3O5/c1-10(11-5-7-12(19)8-6-11)20-15(23)9-21-17(24)13-3-2-4-14(22(26)27)16(13)18(21)25/h2-8,10H,9H2,1H3,(H,20,23). The molecule has 0 saturated heterocycles. The molecule has 9 heteroatoms. The molecule has 27 heavy (non-hydrogen) atoms. The van der Waals surface area contributed by atoms with Crippen LogP contribution in [0, 0.1) is 10.1 Å². The number of rotatable bonds is 5. The van der Waals surface area contributed by atoms with Crippen molar-refractivity contribution in [3.8, 4) is 0 Å². The van der Waals surface area contributed by atoms with Crippen molar-refractivity contribution in [2.75, 3.05) is 6.54 Å². The maximum absolute atomic E-state index is 12.5. The maximum Gasteiger partial charge on any atom is 0.282 e. The summed E-state index contributed by atoms with van der Waals surface area (Å²) in [6, 6.07) is 10.8. The van der Waals surface area contributed by atoms with E-state index in [1.54, 1.807) is 6.92 Å². The Morgan fingerprint density at radius 3 is 2.48 bits per heavy atom. The molecule has 0 fully saturated rings. The number of hydrogen-bond acceptors (Lipinski definition) is 5. The molecule has 138 valence electrons. The number of nitrogens with one attached hydrogen (secondary N) is 1. The van der Waals surface area contributed by atoms with E-state index in [2.05, 4.69) is 21.2 Å². The van der Waals surface area contributed by atoms with Crippen LogP contribution in [0.4, 0.5) is 5.69 Å². The zero-order valence-electron chi connectivity index (χ0n) is 14.1. The SMILES string of the molecule is CC(NC(=O)CN1C(=O)c2cccc([N+](=O)[O-])c2C1=O)c1ccc(Br)cc1. The van der Waals surface area contributed by atoms with Gasteiger partial charge in [-0.25, -0.2) is 0 Å². The Bertz CT molecular complexity index is 958. The van der Waals surface area contributed by atoms with E-state index in [9.17, 15) is 24.5 Å². The summed E-state index contributed by atoms with van der Waals surface area (Å²) in [7, 11) is 0. The van der Waals surface area contributed by atoms with Gasteiger partial charge < -0.3 is 5.32 Å². The van der Waals surface area contributed by atoms with Crippen molar-refractivity contribution in [2.45, 2.75) is 13.0 Å². The fourth-order valence-corrected chi connectivity index (χ4v) is 3.14. The molecule has 1 aliphatic heterocycles. The molecule has 3 amide bonds. The number of amides is 3. The van der Waals surface area contributed by atoms with E-state index >= 15 is 0 Å². The van der Waals surface area contributed by atoms with Crippen LogP contribution >= 0.6 is 15.9 Å². The van der Waals surface area contributed by atoms with Gasteiger partial charge in [0.15, 0.2) is 0 Å². The molecule has 0 spiro atoms. The normalized spacial score (nSPS) is 14.1. The number of carbonyl (C=O) groups excluding carboxylic acids is 3. The highest BCUT2D eigenvalue weighted by molar-refractivity contribution is 9.10. The number of nitro benzene ring substituents is 1. The van der Waals surface area contributed by atoms with Crippen LogP contribution < -0.4 is 5.32 Å². The number of benzene rings is 2. The van der Waals surface area contributed by atoms with Crippen molar-refractivity contribution in [3.05, 3.63) is 73.7 Å². The summed E-state index contributed by atoms with van der Waals surface area (Å²) in [5.41, 5.74) is 0.0609. The van der Waals surface area contributed by atoms with Crippen molar-refractivity contribution in [1.82, 2.24) is 10.2 Å². The number of nitro groups is 1. The molecule has 0 aliphatic carbocycles. The van der Waals surface area contributed by atoms with E-state index < -0.39 is 34.9 Å². The number of hydrogen-bond donors (Lipinski definition) is 1. The van der Waals surface area contributed by atoms with E-state index in [4.69, 9.17) is 0 Å². The minimum atomic E-state index is -0.839. The molecule has 0 aromatic heterocycles. The average molecular weight is 432 g/mol. The van der Waals surface area contributed by atoms with E-state index in [1.165, 1.54) is 12.1 Å². The van der Waals surface area contributed by atoms with Gasteiger partial charge in [-0.15, -0.1) is 0 Å². The Morgan fingerprint density at radius 2 is 1.85 bits per heavy atom. The summed E-state index contributed by atoms with van der Waals surface area (Å²) in [4.78, 5) is 48.3. The molecule has 1 atom stereocenters. The third-order valence-corrected chi connectivity index (χ3v) is 4.75. The van der Waals surface area contributed by atoms with Gasteiger partial charge in [0.1, 0.15) is 12.1 Å². The van der Waals surface area contributed by atoms with Gasteiger partial charge in [-0.05, 0) is 30.7 Å². The number of fused-ring (bicyclic) bond motifs is 1. The van der Waals surface area contributed by atoms with E-state index in [0.717, 1.165) is 21.0 Å². The lowest BCUT2D eigenvalue weighted by atomic mass is 10.1. The Morgan fingerprint density at radius 1 is 1.19 bits per heavy atom.